The Balaban J connectivity index is 2.30. The third-order valence-electron chi connectivity index (χ3n) is 3.15. The van der Waals surface area contributed by atoms with Gasteiger partial charge >= 0.3 is 0 Å². The summed E-state index contributed by atoms with van der Waals surface area (Å²) in [6.07, 6.45) is 1.46. The van der Waals surface area contributed by atoms with Gasteiger partial charge in [-0.3, -0.25) is 4.79 Å². The Bertz CT molecular complexity index is 376. The molecule has 1 aliphatic rings. The smallest absolute Gasteiger partial charge is 0.234 e. The first-order valence-electron chi connectivity index (χ1n) is 5.99. The van der Waals surface area contributed by atoms with E-state index in [1.807, 2.05) is 20.8 Å². The van der Waals surface area contributed by atoms with Gasteiger partial charge in [0.15, 0.2) is 9.84 Å². The van der Waals surface area contributed by atoms with Crippen molar-refractivity contribution in [1.82, 2.24) is 10.6 Å². The minimum absolute atomic E-state index is 0.0736. The second-order valence-corrected chi connectivity index (χ2v) is 7.50. The van der Waals surface area contributed by atoms with Gasteiger partial charge in [-0.15, -0.1) is 0 Å². The molecule has 1 unspecified atom stereocenters. The molecule has 0 aromatic heterocycles. The Morgan fingerprint density at radius 3 is 2.53 bits per heavy atom. The van der Waals surface area contributed by atoms with Crippen molar-refractivity contribution in [3.05, 3.63) is 0 Å². The molecule has 0 radical (unpaired) electrons. The monoisotopic (exact) mass is 262 g/mol. The maximum absolute atomic E-state index is 11.6. The maximum Gasteiger partial charge on any atom is 0.234 e. The molecule has 0 aromatic rings. The molecule has 1 fully saturated rings. The van der Waals surface area contributed by atoms with E-state index in [1.165, 1.54) is 0 Å². The molecule has 6 heteroatoms. The molecule has 1 amide bonds. The first-order chi connectivity index (χ1) is 7.74. The van der Waals surface area contributed by atoms with Gasteiger partial charge in [-0.1, -0.05) is 6.92 Å². The lowest BCUT2D eigenvalue weighted by Crippen LogP contribution is -2.48. The molecular formula is C11H22N2O3S. The molecule has 1 heterocycles. The summed E-state index contributed by atoms with van der Waals surface area (Å²) in [5.74, 6) is 0.297. The van der Waals surface area contributed by atoms with E-state index >= 15 is 0 Å². The van der Waals surface area contributed by atoms with E-state index in [4.69, 9.17) is 0 Å². The van der Waals surface area contributed by atoms with E-state index in [0.717, 1.165) is 6.42 Å². The van der Waals surface area contributed by atoms with E-state index in [0.29, 0.717) is 6.42 Å². The van der Waals surface area contributed by atoms with Crippen LogP contribution in [-0.2, 0) is 14.6 Å². The van der Waals surface area contributed by atoms with E-state index in [1.54, 1.807) is 0 Å². The van der Waals surface area contributed by atoms with Crippen molar-refractivity contribution in [3.63, 3.8) is 0 Å². The second kappa shape index (κ2) is 5.35. The molecule has 17 heavy (non-hydrogen) atoms. The molecule has 100 valence electrons. The number of hydrogen-bond acceptors (Lipinski definition) is 4. The van der Waals surface area contributed by atoms with Crippen LogP contribution in [0.4, 0.5) is 0 Å². The van der Waals surface area contributed by atoms with Crippen molar-refractivity contribution >= 4 is 15.7 Å². The normalized spacial score (nSPS) is 23.6. The zero-order valence-electron chi connectivity index (χ0n) is 10.7. The third kappa shape index (κ3) is 5.04. The first-order valence-corrected chi connectivity index (χ1v) is 7.81. The number of hydrogen-bond donors (Lipinski definition) is 2. The quantitative estimate of drug-likeness (QED) is 0.735. The molecule has 2 N–H and O–H groups in total. The van der Waals surface area contributed by atoms with Gasteiger partial charge in [0.2, 0.25) is 5.91 Å². The van der Waals surface area contributed by atoms with Gasteiger partial charge < -0.3 is 10.6 Å². The van der Waals surface area contributed by atoms with E-state index in [9.17, 15) is 13.2 Å². The largest absolute Gasteiger partial charge is 0.350 e. The summed E-state index contributed by atoms with van der Waals surface area (Å²) in [5, 5.41) is 5.89. The Labute approximate surface area is 103 Å². The Morgan fingerprint density at radius 2 is 2.06 bits per heavy atom. The van der Waals surface area contributed by atoms with Crippen LogP contribution in [0.5, 0.6) is 0 Å². The maximum atomic E-state index is 11.6. The lowest BCUT2D eigenvalue weighted by molar-refractivity contribution is -0.121. The standard InChI is InChI=1S/C11H22N2O3S/c1-4-11(2,3)13-10(14)7-12-9-5-6-17(15,16)8-9/h9,12H,4-8H2,1-3H3,(H,13,14). The minimum atomic E-state index is -2.88. The van der Waals surface area contributed by atoms with Crippen LogP contribution in [0, 0.1) is 0 Å². The highest BCUT2D eigenvalue weighted by atomic mass is 32.2. The van der Waals surface area contributed by atoms with Crippen LogP contribution in [0.3, 0.4) is 0 Å². The Morgan fingerprint density at radius 1 is 1.41 bits per heavy atom. The van der Waals surface area contributed by atoms with Crippen LogP contribution >= 0.6 is 0 Å². The summed E-state index contributed by atoms with van der Waals surface area (Å²) in [4.78, 5) is 11.6. The Hall–Kier alpha value is -0.620. The summed E-state index contributed by atoms with van der Waals surface area (Å²) in [5.41, 5.74) is -0.208. The first kappa shape index (κ1) is 14.4. The topological polar surface area (TPSA) is 75.3 Å². The highest BCUT2D eigenvalue weighted by Crippen LogP contribution is 2.11. The van der Waals surface area contributed by atoms with Crippen LogP contribution in [0.25, 0.3) is 0 Å². The minimum Gasteiger partial charge on any atom is -0.350 e. The molecule has 5 nitrogen and oxygen atoms in total. The van der Waals surface area contributed by atoms with Crippen molar-refractivity contribution in [3.8, 4) is 0 Å². The average Bonchev–Trinajstić information content (AvgIpc) is 2.55. The van der Waals surface area contributed by atoms with Crippen LogP contribution in [0.1, 0.15) is 33.6 Å². The fourth-order valence-corrected chi connectivity index (χ4v) is 3.41. The lowest BCUT2D eigenvalue weighted by Gasteiger charge is -2.25. The Kier molecular flexibility index (Phi) is 4.55. The van der Waals surface area contributed by atoms with E-state index in [-0.39, 0.29) is 35.5 Å². The molecule has 1 saturated heterocycles. The van der Waals surface area contributed by atoms with Gasteiger partial charge in [-0.25, -0.2) is 8.42 Å². The fraction of sp³-hybridized carbons (Fsp3) is 0.909. The summed E-state index contributed by atoms with van der Waals surface area (Å²) in [6.45, 7) is 6.12. The van der Waals surface area contributed by atoms with Gasteiger partial charge in [0, 0.05) is 11.6 Å². The van der Waals surface area contributed by atoms with Gasteiger partial charge in [0.25, 0.3) is 0 Å². The van der Waals surface area contributed by atoms with E-state index < -0.39 is 9.84 Å². The van der Waals surface area contributed by atoms with Gasteiger partial charge in [0.05, 0.1) is 18.1 Å². The van der Waals surface area contributed by atoms with Crippen LogP contribution < -0.4 is 10.6 Å². The van der Waals surface area contributed by atoms with Crippen LogP contribution in [-0.4, -0.2) is 44.0 Å². The predicted molar refractivity (Wildman–Crippen MR) is 67.6 cm³/mol. The fourth-order valence-electron chi connectivity index (χ4n) is 1.70. The average molecular weight is 262 g/mol. The molecular weight excluding hydrogens is 240 g/mol. The van der Waals surface area contributed by atoms with Crippen molar-refractivity contribution in [2.24, 2.45) is 0 Å². The number of rotatable bonds is 5. The summed E-state index contributed by atoms with van der Waals surface area (Å²) in [6, 6.07) is -0.0736. The van der Waals surface area contributed by atoms with Crippen molar-refractivity contribution in [2.45, 2.75) is 45.2 Å². The molecule has 0 aliphatic carbocycles. The molecule has 0 aromatic carbocycles. The zero-order chi connectivity index (χ0) is 13.1. The summed E-state index contributed by atoms with van der Waals surface area (Å²) >= 11 is 0. The number of carbonyl (C=O) groups excluding carboxylic acids is 1. The van der Waals surface area contributed by atoms with Gasteiger partial charge in [-0.05, 0) is 26.7 Å². The molecule has 1 atom stereocenters. The second-order valence-electron chi connectivity index (χ2n) is 5.27. The highest BCUT2D eigenvalue weighted by Gasteiger charge is 2.28. The van der Waals surface area contributed by atoms with Gasteiger partial charge in [0.1, 0.15) is 0 Å². The number of sulfone groups is 1. The molecule has 0 saturated carbocycles. The lowest BCUT2D eigenvalue weighted by atomic mass is 10.0. The molecule has 0 bridgehead atoms. The van der Waals surface area contributed by atoms with Gasteiger partial charge in [-0.2, -0.15) is 0 Å². The third-order valence-corrected chi connectivity index (χ3v) is 4.91. The molecule has 0 spiro atoms. The molecule has 1 rings (SSSR count). The molecule has 1 aliphatic heterocycles. The van der Waals surface area contributed by atoms with E-state index in [2.05, 4.69) is 10.6 Å². The summed E-state index contributed by atoms with van der Waals surface area (Å²) < 4.78 is 22.4. The van der Waals surface area contributed by atoms with Crippen molar-refractivity contribution in [1.29, 1.82) is 0 Å². The zero-order valence-corrected chi connectivity index (χ0v) is 11.6. The number of nitrogens with one attached hydrogen (secondary N) is 2. The number of amides is 1. The highest BCUT2D eigenvalue weighted by molar-refractivity contribution is 7.91. The van der Waals surface area contributed by atoms with Crippen molar-refractivity contribution < 1.29 is 13.2 Å². The van der Waals surface area contributed by atoms with Crippen LogP contribution in [0.2, 0.25) is 0 Å². The predicted octanol–water partition coefficient (Wildman–Crippen LogP) is 0.0679. The van der Waals surface area contributed by atoms with Crippen LogP contribution in [0.15, 0.2) is 0 Å². The number of carbonyl (C=O) groups is 1. The SMILES string of the molecule is CCC(C)(C)NC(=O)CNC1CCS(=O)(=O)C1. The van der Waals surface area contributed by atoms with Crippen molar-refractivity contribution in [2.75, 3.05) is 18.1 Å². The summed E-state index contributed by atoms with van der Waals surface area (Å²) in [7, 11) is -2.88.